The molecule has 0 bridgehead atoms. The largest absolute Gasteiger partial charge is 0.479 e. The molecule has 1 N–H and O–H groups in total. The Morgan fingerprint density at radius 2 is 2.31 bits per heavy atom. The fraction of sp³-hybridized carbons (Fsp3) is 0.273. The molecule has 1 aliphatic heterocycles. The molecule has 4 nitrogen and oxygen atoms in total. The Hall–Kier alpha value is -1.91. The van der Waals surface area contributed by atoms with Crippen LogP contribution in [0.4, 0.5) is 4.39 Å². The first-order valence-corrected chi connectivity index (χ1v) is 4.83. The molecule has 5 heteroatoms. The van der Waals surface area contributed by atoms with Crippen LogP contribution >= 0.6 is 0 Å². The number of ketones is 1. The molecule has 0 unspecified atom stereocenters. The van der Waals surface area contributed by atoms with E-state index in [9.17, 15) is 14.0 Å². The molecule has 84 valence electrons. The van der Waals surface area contributed by atoms with Gasteiger partial charge in [0.2, 0.25) is 0 Å². The molecule has 0 spiro atoms. The van der Waals surface area contributed by atoms with Gasteiger partial charge in [0.1, 0.15) is 11.6 Å². The third kappa shape index (κ3) is 1.76. The highest BCUT2D eigenvalue weighted by molar-refractivity contribution is 6.03. The first-order chi connectivity index (χ1) is 7.61. The normalized spacial score (nSPS) is 18.6. The minimum atomic E-state index is -0.824. The molecule has 1 aromatic carbocycles. The molecular weight excluding hydrogens is 213 g/mol. The lowest BCUT2D eigenvalue weighted by atomic mass is 10.0. The fourth-order valence-corrected chi connectivity index (χ4v) is 1.60. The Morgan fingerprint density at radius 3 is 3.00 bits per heavy atom. The second kappa shape index (κ2) is 3.92. The predicted molar refractivity (Wildman–Crippen MR) is 53.8 cm³/mol. The Labute approximate surface area is 91.4 Å². The monoisotopic (exact) mass is 223 g/mol. The molecule has 1 aliphatic rings. The van der Waals surface area contributed by atoms with Gasteiger partial charge in [0, 0.05) is 7.05 Å². The quantitative estimate of drug-likeness (QED) is 0.769. The summed E-state index contributed by atoms with van der Waals surface area (Å²) < 4.78 is 18.2. The van der Waals surface area contributed by atoms with E-state index in [2.05, 4.69) is 5.32 Å². The summed E-state index contributed by atoms with van der Waals surface area (Å²) in [6, 6.07) is 3.67. The van der Waals surface area contributed by atoms with Gasteiger partial charge in [0.05, 0.1) is 12.0 Å². The van der Waals surface area contributed by atoms with Crippen LogP contribution in [0.5, 0.6) is 5.75 Å². The molecule has 0 fully saturated rings. The molecule has 1 atom stereocenters. The first kappa shape index (κ1) is 10.6. The summed E-state index contributed by atoms with van der Waals surface area (Å²) in [6.45, 7) is 0. The molecule has 0 saturated carbocycles. The maximum atomic E-state index is 12.9. The van der Waals surface area contributed by atoms with Gasteiger partial charge in [-0.15, -0.1) is 0 Å². The highest BCUT2D eigenvalue weighted by Crippen LogP contribution is 2.28. The van der Waals surface area contributed by atoms with Crippen molar-refractivity contribution in [3.8, 4) is 5.75 Å². The Balaban J connectivity index is 2.33. The SMILES string of the molecule is CNC(=O)[C@H]1CC(=O)c2cc(F)ccc2O1. The molecule has 0 saturated heterocycles. The number of hydrogen-bond donors (Lipinski definition) is 1. The number of amides is 1. The van der Waals surface area contributed by atoms with Crippen LogP contribution in [0.1, 0.15) is 16.8 Å². The maximum Gasteiger partial charge on any atom is 0.261 e. The van der Waals surface area contributed by atoms with Gasteiger partial charge in [-0.2, -0.15) is 0 Å². The van der Waals surface area contributed by atoms with Crippen LogP contribution < -0.4 is 10.1 Å². The summed E-state index contributed by atoms with van der Waals surface area (Å²) in [6.07, 6.45) is -0.883. The third-order valence-corrected chi connectivity index (χ3v) is 2.42. The maximum absolute atomic E-state index is 12.9. The zero-order valence-corrected chi connectivity index (χ0v) is 8.62. The summed E-state index contributed by atoms with van der Waals surface area (Å²) in [5.74, 6) is -0.877. The van der Waals surface area contributed by atoms with Crippen LogP contribution in [0.25, 0.3) is 0 Å². The van der Waals surface area contributed by atoms with Gasteiger partial charge in [-0.05, 0) is 18.2 Å². The average molecular weight is 223 g/mol. The number of hydrogen-bond acceptors (Lipinski definition) is 3. The van der Waals surface area contributed by atoms with Gasteiger partial charge in [-0.25, -0.2) is 4.39 Å². The minimum absolute atomic E-state index is 0.0594. The van der Waals surface area contributed by atoms with Crippen LogP contribution in [-0.4, -0.2) is 24.8 Å². The number of ether oxygens (including phenoxy) is 1. The Bertz CT molecular complexity index is 459. The zero-order chi connectivity index (χ0) is 11.7. The predicted octanol–water partition coefficient (Wildman–Crippen LogP) is 0.905. The average Bonchev–Trinajstić information content (AvgIpc) is 2.28. The Kier molecular flexibility index (Phi) is 2.60. The highest BCUT2D eigenvalue weighted by atomic mass is 19.1. The molecular formula is C11H10FNO3. The summed E-state index contributed by atoms with van der Waals surface area (Å²) in [5, 5.41) is 2.41. The van der Waals surface area contributed by atoms with Crippen molar-refractivity contribution >= 4 is 11.7 Å². The smallest absolute Gasteiger partial charge is 0.261 e. The second-order valence-electron chi connectivity index (χ2n) is 3.49. The number of carbonyl (C=O) groups excluding carboxylic acids is 2. The lowest BCUT2D eigenvalue weighted by molar-refractivity contribution is -0.127. The topological polar surface area (TPSA) is 55.4 Å². The van der Waals surface area contributed by atoms with E-state index in [1.807, 2.05) is 0 Å². The third-order valence-electron chi connectivity index (χ3n) is 2.42. The van der Waals surface area contributed by atoms with Crippen LogP contribution in [0.3, 0.4) is 0 Å². The molecule has 16 heavy (non-hydrogen) atoms. The van der Waals surface area contributed by atoms with Gasteiger partial charge in [0.15, 0.2) is 11.9 Å². The number of halogens is 1. The van der Waals surface area contributed by atoms with Crippen LogP contribution in [0.15, 0.2) is 18.2 Å². The van der Waals surface area contributed by atoms with E-state index in [0.29, 0.717) is 0 Å². The van der Waals surface area contributed by atoms with Gasteiger partial charge in [0.25, 0.3) is 5.91 Å². The molecule has 2 rings (SSSR count). The molecule has 1 amide bonds. The van der Waals surface area contributed by atoms with Crippen molar-refractivity contribution in [2.24, 2.45) is 0 Å². The van der Waals surface area contributed by atoms with Gasteiger partial charge >= 0.3 is 0 Å². The van der Waals surface area contributed by atoms with E-state index >= 15 is 0 Å². The molecule has 0 aliphatic carbocycles. The second-order valence-corrected chi connectivity index (χ2v) is 3.49. The fourth-order valence-electron chi connectivity index (χ4n) is 1.60. The van der Waals surface area contributed by atoms with Gasteiger partial charge in [-0.3, -0.25) is 9.59 Å². The van der Waals surface area contributed by atoms with Crippen molar-refractivity contribution in [3.05, 3.63) is 29.6 Å². The van der Waals surface area contributed by atoms with Crippen molar-refractivity contribution in [2.45, 2.75) is 12.5 Å². The van der Waals surface area contributed by atoms with Crippen molar-refractivity contribution in [1.29, 1.82) is 0 Å². The van der Waals surface area contributed by atoms with Crippen molar-refractivity contribution in [1.82, 2.24) is 5.32 Å². The van der Waals surface area contributed by atoms with E-state index in [0.717, 1.165) is 6.07 Å². The molecule has 1 aromatic rings. The number of nitrogens with one attached hydrogen (secondary N) is 1. The number of Topliss-reactive ketones (excluding diaryl/α,β-unsaturated/α-hetero) is 1. The zero-order valence-electron chi connectivity index (χ0n) is 8.62. The van der Waals surface area contributed by atoms with Crippen molar-refractivity contribution in [2.75, 3.05) is 7.05 Å². The lowest BCUT2D eigenvalue weighted by Crippen LogP contribution is -2.40. The lowest BCUT2D eigenvalue weighted by Gasteiger charge is -2.23. The highest BCUT2D eigenvalue weighted by Gasteiger charge is 2.30. The van der Waals surface area contributed by atoms with E-state index in [4.69, 9.17) is 4.74 Å². The van der Waals surface area contributed by atoms with Gasteiger partial charge in [-0.1, -0.05) is 0 Å². The van der Waals surface area contributed by atoms with E-state index in [1.165, 1.54) is 19.2 Å². The molecule has 0 radical (unpaired) electrons. The van der Waals surface area contributed by atoms with Crippen LogP contribution in [0, 0.1) is 5.82 Å². The number of likely N-dealkylation sites (N-methyl/N-ethyl adjacent to an activating group) is 1. The first-order valence-electron chi connectivity index (χ1n) is 4.83. The van der Waals surface area contributed by atoms with E-state index in [-0.39, 0.29) is 29.4 Å². The minimum Gasteiger partial charge on any atom is -0.479 e. The van der Waals surface area contributed by atoms with Crippen LogP contribution in [0.2, 0.25) is 0 Å². The number of rotatable bonds is 1. The van der Waals surface area contributed by atoms with Gasteiger partial charge < -0.3 is 10.1 Å². The summed E-state index contributed by atoms with van der Waals surface area (Å²) in [4.78, 5) is 23.0. The number of carbonyl (C=O) groups is 2. The van der Waals surface area contributed by atoms with Crippen molar-refractivity contribution in [3.63, 3.8) is 0 Å². The van der Waals surface area contributed by atoms with E-state index in [1.54, 1.807) is 0 Å². The van der Waals surface area contributed by atoms with E-state index < -0.39 is 11.9 Å². The van der Waals surface area contributed by atoms with Crippen LogP contribution in [-0.2, 0) is 4.79 Å². The number of benzene rings is 1. The molecule has 1 heterocycles. The Morgan fingerprint density at radius 1 is 1.56 bits per heavy atom. The number of fused-ring (bicyclic) bond motifs is 1. The standard InChI is InChI=1S/C11H10FNO3/c1-13-11(15)10-5-8(14)7-4-6(12)2-3-9(7)16-10/h2-4,10H,5H2,1H3,(H,13,15)/t10-/m1/s1. The molecule has 0 aromatic heterocycles. The summed E-state index contributed by atoms with van der Waals surface area (Å²) >= 11 is 0. The summed E-state index contributed by atoms with van der Waals surface area (Å²) in [5.41, 5.74) is 0.195. The summed E-state index contributed by atoms with van der Waals surface area (Å²) in [7, 11) is 1.47. The van der Waals surface area contributed by atoms with Crippen molar-refractivity contribution < 1.29 is 18.7 Å².